The van der Waals surface area contributed by atoms with E-state index >= 15 is 0 Å². The van der Waals surface area contributed by atoms with Crippen LogP contribution in [0.3, 0.4) is 0 Å². The molecule has 4 heteroatoms. The molecule has 0 radical (unpaired) electrons. The first kappa shape index (κ1) is 12.6. The molecule has 3 rings (SSSR count). The largest absolute Gasteiger partial charge is 0.439 e. The summed E-state index contributed by atoms with van der Waals surface area (Å²) in [5, 5.41) is 0. The van der Waals surface area contributed by atoms with Crippen molar-refractivity contribution in [2.75, 3.05) is 0 Å². The molecule has 0 N–H and O–H groups in total. The number of pyridine rings is 1. The van der Waals surface area contributed by atoms with E-state index in [2.05, 4.69) is 35.7 Å². The molecule has 0 unspecified atom stereocenters. The van der Waals surface area contributed by atoms with Crippen molar-refractivity contribution in [1.29, 1.82) is 0 Å². The number of ketones is 1. The number of aromatic nitrogens is 2. The van der Waals surface area contributed by atoms with E-state index in [0.717, 1.165) is 17.7 Å². The van der Waals surface area contributed by atoms with Crippen molar-refractivity contribution in [3.63, 3.8) is 0 Å². The minimum absolute atomic E-state index is 0.0360. The minimum Gasteiger partial charge on any atom is -0.439 e. The molecule has 2 heterocycles. The molecule has 2 aromatic rings. The first-order valence-corrected chi connectivity index (χ1v) is 6.48. The van der Waals surface area contributed by atoms with E-state index in [-0.39, 0.29) is 11.2 Å². The number of nitrogens with zero attached hydrogens (tertiary/aromatic N) is 2. The molecule has 0 atom stereocenters. The van der Waals surface area contributed by atoms with Gasteiger partial charge in [0.05, 0.1) is 11.9 Å². The quantitative estimate of drug-likeness (QED) is 0.688. The zero-order valence-corrected chi connectivity index (χ0v) is 11.4. The topological polar surface area (TPSA) is 56.0 Å². The maximum atomic E-state index is 12.1. The van der Waals surface area contributed by atoms with Crippen LogP contribution in [0.1, 0.15) is 47.9 Å². The Kier molecular flexibility index (Phi) is 2.90. The summed E-state index contributed by atoms with van der Waals surface area (Å²) in [5.41, 5.74) is 2.16. The fourth-order valence-corrected chi connectivity index (χ4v) is 2.41. The Labute approximate surface area is 117 Å². The lowest BCUT2D eigenvalue weighted by atomic mass is 9.75. The van der Waals surface area contributed by atoms with Crippen LogP contribution in [-0.2, 0) is 6.42 Å². The molecule has 0 bridgehead atoms. The van der Waals surface area contributed by atoms with E-state index < -0.39 is 0 Å². The van der Waals surface area contributed by atoms with Crippen LogP contribution >= 0.6 is 0 Å². The summed E-state index contributed by atoms with van der Waals surface area (Å²) < 4.78 is 5.05. The summed E-state index contributed by atoms with van der Waals surface area (Å²) in [7, 11) is 0. The van der Waals surface area contributed by atoms with Gasteiger partial charge in [-0.05, 0) is 35.8 Å². The van der Waals surface area contributed by atoms with Crippen molar-refractivity contribution in [3.8, 4) is 11.8 Å². The fraction of sp³-hybridized carbons (Fsp3) is 0.312. The molecule has 20 heavy (non-hydrogen) atoms. The molecular formula is C16H14N2O2. The Morgan fingerprint density at radius 2 is 2.10 bits per heavy atom. The van der Waals surface area contributed by atoms with Gasteiger partial charge in [0.25, 0.3) is 5.89 Å². The van der Waals surface area contributed by atoms with Crippen molar-refractivity contribution in [2.24, 2.45) is 5.41 Å². The third-order valence-corrected chi connectivity index (χ3v) is 3.29. The Balaban J connectivity index is 1.95. The molecule has 0 spiro atoms. The zero-order valence-electron chi connectivity index (χ0n) is 11.4. The molecule has 0 amide bonds. The second-order valence-electron chi connectivity index (χ2n) is 5.72. The van der Waals surface area contributed by atoms with Gasteiger partial charge in [-0.3, -0.25) is 4.79 Å². The Hall–Kier alpha value is -2.41. The second-order valence-corrected chi connectivity index (χ2v) is 5.72. The second kappa shape index (κ2) is 4.61. The monoisotopic (exact) mass is 266 g/mol. The summed E-state index contributed by atoms with van der Waals surface area (Å²) in [6.45, 7) is 4.17. The molecule has 0 aromatic carbocycles. The average Bonchev–Trinajstić information content (AvgIpc) is 2.87. The molecule has 0 saturated heterocycles. The summed E-state index contributed by atoms with van der Waals surface area (Å²) in [6, 6.07) is 3.59. The van der Waals surface area contributed by atoms with E-state index in [1.54, 1.807) is 12.3 Å². The van der Waals surface area contributed by atoms with E-state index in [9.17, 15) is 4.79 Å². The Morgan fingerprint density at radius 1 is 1.25 bits per heavy atom. The van der Waals surface area contributed by atoms with Crippen molar-refractivity contribution >= 4 is 5.78 Å². The molecule has 1 aliphatic rings. The van der Waals surface area contributed by atoms with Crippen LogP contribution in [0, 0.1) is 17.3 Å². The van der Waals surface area contributed by atoms with Crippen LogP contribution in [-0.4, -0.2) is 15.8 Å². The summed E-state index contributed by atoms with van der Waals surface area (Å²) in [4.78, 5) is 20.5. The maximum absolute atomic E-state index is 12.1. The van der Waals surface area contributed by atoms with E-state index in [4.69, 9.17) is 4.42 Å². The van der Waals surface area contributed by atoms with Gasteiger partial charge in [-0.1, -0.05) is 13.8 Å². The maximum Gasteiger partial charge on any atom is 0.273 e. The molecule has 100 valence electrons. The van der Waals surface area contributed by atoms with Gasteiger partial charge in [0.2, 0.25) is 0 Å². The number of rotatable bonds is 0. The van der Waals surface area contributed by atoms with E-state index in [1.807, 2.05) is 6.07 Å². The Morgan fingerprint density at radius 3 is 2.85 bits per heavy atom. The van der Waals surface area contributed by atoms with Gasteiger partial charge in [-0.25, -0.2) is 9.97 Å². The van der Waals surface area contributed by atoms with E-state index in [1.165, 1.54) is 6.26 Å². The van der Waals surface area contributed by atoms with Crippen LogP contribution in [0.15, 0.2) is 29.0 Å². The highest BCUT2D eigenvalue weighted by Gasteiger charge is 2.31. The molecule has 4 nitrogen and oxygen atoms in total. The molecular weight excluding hydrogens is 252 g/mol. The van der Waals surface area contributed by atoms with Gasteiger partial charge >= 0.3 is 0 Å². The lowest BCUT2D eigenvalue weighted by Gasteiger charge is -2.29. The van der Waals surface area contributed by atoms with E-state index in [0.29, 0.717) is 18.0 Å². The Bertz CT molecular complexity index is 719. The molecule has 0 aliphatic heterocycles. The number of hydrogen-bond donors (Lipinski definition) is 0. The van der Waals surface area contributed by atoms with Gasteiger partial charge < -0.3 is 4.42 Å². The number of fused-ring (bicyclic) bond motifs is 1. The van der Waals surface area contributed by atoms with Crippen molar-refractivity contribution in [2.45, 2.75) is 26.7 Å². The van der Waals surface area contributed by atoms with Crippen molar-refractivity contribution in [3.05, 3.63) is 47.4 Å². The summed E-state index contributed by atoms with van der Waals surface area (Å²) in [6.07, 6.45) is 4.39. The highest BCUT2D eigenvalue weighted by atomic mass is 16.3. The average molecular weight is 266 g/mol. The number of oxazole rings is 1. The van der Waals surface area contributed by atoms with Crippen LogP contribution in [0.25, 0.3) is 0 Å². The number of carbonyl (C=O) groups excluding carboxylic acids is 1. The number of Topliss-reactive ketones (excluding diaryl/α,β-unsaturated/α-hetero) is 1. The zero-order chi connectivity index (χ0) is 14.2. The van der Waals surface area contributed by atoms with Gasteiger partial charge in [-0.2, -0.15) is 0 Å². The summed E-state index contributed by atoms with van der Waals surface area (Å²) in [5.74, 6) is 6.24. The van der Waals surface area contributed by atoms with Crippen LogP contribution < -0.4 is 0 Å². The van der Waals surface area contributed by atoms with Gasteiger partial charge in [0.15, 0.2) is 5.78 Å². The molecule has 2 aromatic heterocycles. The van der Waals surface area contributed by atoms with Crippen LogP contribution in [0.5, 0.6) is 0 Å². The van der Waals surface area contributed by atoms with Gasteiger partial charge in [-0.15, -0.1) is 0 Å². The lowest BCUT2D eigenvalue weighted by molar-refractivity contribution is 0.0910. The predicted octanol–water partition coefficient (Wildman–Crippen LogP) is 2.62. The van der Waals surface area contributed by atoms with Crippen molar-refractivity contribution in [1.82, 2.24) is 9.97 Å². The van der Waals surface area contributed by atoms with Crippen molar-refractivity contribution < 1.29 is 9.21 Å². The smallest absolute Gasteiger partial charge is 0.273 e. The molecule has 0 fully saturated rings. The summed E-state index contributed by atoms with van der Waals surface area (Å²) >= 11 is 0. The number of hydrogen-bond acceptors (Lipinski definition) is 4. The third-order valence-electron chi connectivity index (χ3n) is 3.29. The highest BCUT2D eigenvalue weighted by Crippen LogP contribution is 2.33. The minimum atomic E-state index is -0.0360. The van der Waals surface area contributed by atoms with Gasteiger partial charge in [0, 0.05) is 12.0 Å². The first-order valence-electron chi connectivity index (χ1n) is 6.48. The third kappa shape index (κ3) is 2.48. The standard InChI is InChI=1S/C16H14N2O2/c1-16(2)9-13-12(14(19)10-16)5-3-11(18-13)4-6-15-17-7-8-20-15/h3,5,7-8H,9-10H2,1-2H3. The molecule has 0 saturated carbocycles. The lowest BCUT2D eigenvalue weighted by Crippen LogP contribution is -2.28. The SMILES string of the molecule is CC1(C)CC(=O)c2ccc(C#Cc3ncco3)nc2C1. The van der Waals surface area contributed by atoms with Gasteiger partial charge in [0.1, 0.15) is 12.0 Å². The number of carbonyl (C=O) groups is 1. The molecule has 1 aliphatic carbocycles. The highest BCUT2D eigenvalue weighted by molar-refractivity contribution is 5.98. The normalized spacial score (nSPS) is 16.2. The predicted molar refractivity (Wildman–Crippen MR) is 73.2 cm³/mol. The fourth-order valence-electron chi connectivity index (χ4n) is 2.41. The van der Waals surface area contributed by atoms with Crippen LogP contribution in [0.4, 0.5) is 0 Å². The van der Waals surface area contributed by atoms with Crippen LogP contribution in [0.2, 0.25) is 0 Å². The first-order chi connectivity index (χ1) is 9.53.